The minimum absolute atomic E-state index is 0.295. The summed E-state index contributed by atoms with van der Waals surface area (Å²) in [7, 11) is 0. The Hall–Kier alpha value is -1.03. The molecule has 0 aliphatic heterocycles. The van der Waals surface area contributed by atoms with E-state index >= 15 is 0 Å². The van der Waals surface area contributed by atoms with Gasteiger partial charge in [-0.15, -0.1) is 11.3 Å². The van der Waals surface area contributed by atoms with Gasteiger partial charge in [-0.05, 0) is 24.3 Å². The number of carbonyl (C=O) groups excluding carboxylic acids is 1. The number of amides is 2. The molecule has 1 aromatic heterocycles. The third kappa shape index (κ3) is 2.01. The van der Waals surface area contributed by atoms with Crippen molar-refractivity contribution in [3.8, 4) is 0 Å². The van der Waals surface area contributed by atoms with Crippen LogP contribution >= 0.6 is 11.3 Å². The number of nitrogens with zero attached hydrogens (tertiary/aromatic N) is 1. The molecule has 1 aliphatic carbocycles. The van der Waals surface area contributed by atoms with E-state index in [-0.39, 0.29) is 6.03 Å². The second-order valence-electron chi connectivity index (χ2n) is 3.28. The van der Waals surface area contributed by atoms with E-state index in [9.17, 15) is 4.79 Å². The maximum absolute atomic E-state index is 11.1. The third-order valence-corrected chi connectivity index (χ3v) is 3.04. The molecule has 0 unspecified atom stereocenters. The summed E-state index contributed by atoms with van der Waals surface area (Å²) >= 11 is 1.66. The molecule has 0 aromatic carbocycles. The Morgan fingerprint density at radius 1 is 1.69 bits per heavy atom. The zero-order chi connectivity index (χ0) is 9.26. The van der Waals surface area contributed by atoms with Crippen LogP contribution in [0.3, 0.4) is 0 Å². The smallest absolute Gasteiger partial charge is 0.315 e. The SMILES string of the molecule is NC(=O)N(Cc1cccs1)C1CC1. The van der Waals surface area contributed by atoms with Crippen molar-refractivity contribution in [2.75, 3.05) is 0 Å². The third-order valence-electron chi connectivity index (χ3n) is 2.18. The molecule has 13 heavy (non-hydrogen) atoms. The van der Waals surface area contributed by atoms with Crippen LogP contribution in [0, 0.1) is 0 Å². The van der Waals surface area contributed by atoms with E-state index < -0.39 is 0 Å². The molecule has 1 heterocycles. The summed E-state index contributed by atoms with van der Waals surface area (Å²) < 4.78 is 0. The molecule has 4 heteroatoms. The van der Waals surface area contributed by atoms with Crippen molar-refractivity contribution in [2.45, 2.75) is 25.4 Å². The lowest BCUT2D eigenvalue weighted by Gasteiger charge is -2.18. The maximum Gasteiger partial charge on any atom is 0.315 e. The lowest BCUT2D eigenvalue weighted by Crippen LogP contribution is -2.36. The highest BCUT2D eigenvalue weighted by Crippen LogP contribution is 2.28. The number of hydrogen-bond donors (Lipinski definition) is 1. The van der Waals surface area contributed by atoms with Gasteiger partial charge in [0.1, 0.15) is 0 Å². The zero-order valence-electron chi connectivity index (χ0n) is 7.27. The first-order chi connectivity index (χ1) is 6.27. The Labute approximate surface area is 81.2 Å². The first-order valence-electron chi connectivity index (χ1n) is 4.36. The van der Waals surface area contributed by atoms with Crippen LogP contribution in [0.25, 0.3) is 0 Å². The van der Waals surface area contributed by atoms with E-state index in [1.165, 1.54) is 4.88 Å². The van der Waals surface area contributed by atoms with E-state index in [1.807, 2.05) is 17.5 Å². The van der Waals surface area contributed by atoms with Gasteiger partial charge in [0, 0.05) is 10.9 Å². The van der Waals surface area contributed by atoms with Crippen LogP contribution in [-0.2, 0) is 6.54 Å². The maximum atomic E-state index is 11.1. The number of hydrogen-bond acceptors (Lipinski definition) is 2. The van der Waals surface area contributed by atoms with Crippen molar-refractivity contribution in [1.82, 2.24) is 4.90 Å². The number of primary amides is 1. The molecule has 0 spiro atoms. The fraction of sp³-hybridized carbons (Fsp3) is 0.444. The minimum atomic E-state index is -0.295. The highest BCUT2D eigenvalue weighted by Gasteiger charge is 2.31. The van der Waals surface area contributed by atoms with E-state index in [1.54, 1.807) is 16.2 Å². The Kier molecular flexibility index (Phi) is 2.22. The summed E-state index contributed by atoms with van der Waals surface area (Å²) in [6.07, 6.45) is 2.21. The molecule has 1 aliphatic rings. The molecular weight excluding hydrogens is 184 g/mol. The van der Waals surface area contributed by atoms with Gasteiger partial charge < -0.3 is 10.6 Å². The van der Waals surface area contributed by atoms with Crippen molar-refractivity contribution in [3.63, 3.8) is 0 Å². The monoisotopic (exact) mass is 196 g/mol. The highest BCUT2D eigenvalue weighted by molar-refractivity contribution is 7.09. The highest BCUT2D eigenvalue weighted by atomic mass is 32.1. The second kappa shape index (κ2) is 3.38. The van der Waals surface area contributed by atoms with Crippen molar-refractivity contribution < 1.29 is 4.79 Å². The molecule has 2 amide bonds. The molecule has 2 N–H and O–H groups in total. The van der Waals surface area contributed by atoms with Crippen LogP contribution in [0.4, 0.5) is 4.79 Å². The summed E-state index contributed by atoms with van der Waals surface area (Å²) in [4.78, 5) is 14.0. The Balaban J connectivity index is 2.01. The lowest BCUT2D eigenvalue weighted by molar-refractivity contribution is 0.202. The molecule has 3 nitrogen and oxygen atoms in total. The lowest BCUT2D eigenvalue weighted by atomic mass is 10.4. The van der Waals surface area contributed by atoms with Crippen LogP contribution < -0.4 is 5.73 Å². The normalized spacial score (nSPS) is 15.7. The average molecular weight is 196 g/mol. The second-order valence-corrected chi connectivity index (χ2v) is 4.31. The van der Waals surface area contributed by atoms with Crippen LogP contribution in [0.15, 0.2) is 17.5 Å². The van der Waals surface area contributed by atoms with Gasteiger partial charge in [0.05, 0.1) is 6.54 Å². The topological polar surface area (TPSA) is 46.3 Å². The molecule has 2 rings (SSSR count). The summed E-state index contributed by atoms with van der Waals surface area (Å²) in [5.41, 5.74) is 5.29. The Bertz CT molecular complexity index is 293. The van der Waals surface area contributed by atoms with Gasteiger partial charge in [-0.2, -0.15) is 0 Å². The van der Waals surface area contributed by atoms with Gasteiger partial charge in [-0.3, -0.25) is 0 Å². The quantitative estimate of drug-likeness (QED) is 0.787. The van der Waals surface area contributed by atoms with Crippen LogP contribution in [-0.4, -0.2) is 17.0 Å². The van der Waals surface area contributed by atoms with Crippen LogP contribution in [0.5, 0.6) is 0 Å². The van der Waals surface area contributed by atoms with Crippen molar-refractivity contribution in [1.29, 1.82) is 0 Å². The first-order valence-corrected chi connectivity index (χ1v) is 5.24. The molecule has 0 bridgehead atoms. The summed E-state index contributed by atoms with van der Waals surface area (Å²) in [6.45, 7) is 0.678. The van der Waals surface area contributed by atoms with Crippen molar-refractivity contribution in [2.24, 2.45) is 5.73 Å². The fourth-order valence-electron chi connectivity index (χ4n) is 1.34. The Morgan fingerprint density at radius 2 is 2.46 bits per heavy atom. The molecular formula is C9H12N2OS. The minimum Gasteiger partial charge on any atom is -0.351 e. The molecule has 0 radical (unpaired) electrons. The van der Waals surface area contributed by atoms with E-state index in [2.05, 4.69) is 0 Å². The van der Waals surface area contributed by atoms with E-state index in [0.29, 0.717) is 12.6 Å². The van der Waals surface area contributed by atoms with Gasteiger partial charge in [-0.1, -0.05) is 6.07 Å². The molecule has 1 fully saturated rings. The van der Waals surface area contributed by atoms with Gasteiger partial charge in [0.2, 0.25) is 0 Å². The first kappa shape index (κ1) is 8.56. The van der Waals surface area contributed by atoms with Gasteiger partial charge in [0.25, 0.3) is 0 Å². The standard InChI is InChI=1S/C9H12N2OS/c10-9(12)11(7-3-4-7)6-8-2-1-5-13-8/h1-2,5,7H,3-4,6H2,(H2,10,12). The predicted molar refractivity (Wildman–Crippen MR) is 52.5 cm³/mol. The van der Waals surface area contributed by atoms with Gasteiger partial charge >= 0.3 is 6.03 Å². The fourth-order valence-corrected chi connectivity index (χ4v) is 2.05. The number of thiophene rings is 1. The van der Waals surface area contributed by atoms with Crippen molar-refractivity contribution >= 4 is 17.4 Å². The number of nitrogens with two attached hydrogens (primary N) is 1. The predicted octanol–water partition coefficient (Wildman–Crippen LogP) is 1.79. The largest absolute Gasteiger partial charge is 0.351 e. The molecule has 0 atom stereocenters. The van der Waals surface area contributed by atoms with Gasteiger partial charge in [0.15, 0.2) is 0 Å². The Morgan fingerprint density at radius 3 is 2.92 bits per heavy atom. The molecule has 0 saturated heterocycles. The van der Waals surface area contributed by atoms with Crippen molar-refractivity contribution in [3.05, 3.63) is 22.4 Å². The molecule has 1 aromatic rings. The number of rotatable bonds is 3. The summed E-state index contributed by atoms with van der Waals surface area (Å²) in [6, 6.07) is 4.13. The average Bonchev–Trinajstić information content (AvgIpc) is 2.79. The van der Waals surface area contributed by atoms with E-state index in [4.69, 9.17) is 5.73 Å². The zero-order valence-corrected chi connectivity index (χ0v) is 8.09. The number of carbonyl (C=O) groups is 1. The number of urea groups is 1. The van der Waals surface area contributed by atoms with Crippen LogP contribution in [0.2, 0.25) is 0 Å². The van der Waals surface area contributed by atoms with Crippen LogP contribution in [0.1, 0.15) is 17.7 Å². The van der Waals surface area contributed by atoms with Gasteiger partial charge in [-0.25, -0.2) is 4.79 Å². The van der Waals surface area contributed by atoms with E-state index in [0.717, 1.165) is 12.8 Å². The summed E-state index contributed by atoms with van der Waals surface area (Å²) in [5.74, 6) is 0. The molecule has 1 saturated carbocycles. The molecule has 70 valence electrons. The summed E-state index contributed by atoms with van der Waals surface area (Å²) in [5, 5.41) is 2.02.